The van der Waals surface area contributed by atoms with E-state index in [1.165, 1.54) is 0 Å². The van der Waals surface area contributed by atoms with E-state index in [4.69, 9.17) is 9.94 Å². The van der Waals surface area contributed by atoms with Crippen LogP contribution in [0.2, 0.25) is 0 Å². The third-order valence-electron chi connectivity index (χ3n) is 3.73. The number of carbonyl (C=O) groups is 2. The summed E-state index contributed by atoms with van der Waals surface area (Å²) >= 11 is 0. The van der Waals surface area contributed by atoms with E-state index in [-0.39, 0.29) is 12.3 Å². The number of hydrazone groups is 1. The largest absolute Gasteiger partial charge is 0.494 e. The molecule has 1 aromatic carbocycles. The van der Waals surface area contributed by atoms with E-state index in [9.17, 15) is 9.59 Å². The second-order valence-electron chi connectivity index (χ2n) is 6.46. The molecule has 0 bridgehead atoms. The van der Waals surface area contributed by atoms with Gasteiger partial charge in [-0.15, -0.1) is 0 Å². The quantitative estimate of drug-likeness (QED) is 0.211. The van der Waals surface area contributed by atoms with Gasteiger partial charge in [-0.25, -0.2) is 10.9 Å². The molecule has 1 aromatic rings. The summed E-state index contributed by atoms with van der Waals surface area (Å²) in [4.78, 5) is 24.6. The molecule has 0 heterocycles. The molecule has 0 spiro atoms. The summed E-state index contributed by atoms with van der Waals surface area (Å²) in [7, 11) is 4.07. The first-order valence-corrected chi connectivity index (χ1v) is 9.13. The van der Waals surface area contributed by atoms with Gasteiger partial charge in [0.2, 0.25) is 11.8 Å². The highest BCUT2D eigenvalue weighted by Gasteiger charge is 2.02. The molecule has 2 amide bonds. The standard InChI is InChI=1S/C19H30N4O4/c1-23(2)13-6-14-27-17-11-9-16(10-12-17)15-20-21-18(24)7-4-3-5-8-19(25)22-26/h9-12,15,26H,3-8,13-14H2,1-2H3,(H,21,24)(H,22,25)/b20-15+. The molecule has 150 valence electrons. The van der Waals surface area contributed by atoms with Gasteiger partial charge in [-0.2, -0.15) is 5.10 Å². The van der Waals surface area contributed by atoms with Crippen LogP contribution in [0.25, 0.3) is 0 Å². The fraction of sp³-hybridized carbons (Fsp3) is 0.526. The van der Waals surface area contributed by atoms with Crippen LogP contribution in [0.1, 0.15) is 44.1 Å². The Balaban J connectivity index is 2.18. The summed E-state index contributed by atoms with van der Waals surface area (Å²) in [5, 5.41) is 12.3. The van der Waals surface area contributed by atoms with E-state index < -0.39 is 5.91 Å². The maximum absolute atomic E-state index is 11.7. The van der Waals surface area contributed by atoms with E-state index in [1.807, 2.05) is 38.4 Å². The third-order valence-corrected chi connectivity index (χ3v) is 3.73. The van der Waals surface area contributed by atoms with Gasteiger partial charge in [-0.1, -0.05) is 6.42 Å². The highest BCUT2D eigenvalue weighted by molar-refractivity contribution is 5.82. The van der Waals surface area contributed by atoms with Crippen LogP contribution in [0.5, 0.6) is 5.75 Å². The van der Waals surface area contributed by atoms with Crippen molar-refractivity contribution in [2.24, 2.45) is 5.10 Å². The van der Waals surface area contributed by atoms with Crippen molar-refractivity contribution in [2.75, 3.05) is 27.2 Å². The molecule has 27 heavy (non-hydrogen) atoms. The first kappa shape index (κ1) is 22.6. The molecule has 0 saturated heterocycles. The zero-order valence-corrected chi connectivity index (χ0v) is 16.1. The van der Waals surface area contributed by atoms with Gasteiger partial charge in [-0.05, 0) is 63.2 Å². The Morgan fingerprint density at radius 2 is 1.74 bits per heavy atom. The molecule has 0 saturated carbocycles. The molecule has 0 aliphatic rings. The Morgan fingerprint density at radius 1 is 1.07 bits per heavy atom. The van der Waals surface area contributed by atoms with E-state index in [1.54, 1.807) is 11.7 Å². The number of hydrogen-bond donors (Lipinski definition) is 3. The number of hydrogen-bond acceptors (Lipinski definition) is 6. The average molecular weight is 378 g/mol. The molecule has 8 heteroatoms. The van der Waals surface area contributed by atoms with Gasteiger partial charge in [0, 0.05) is 19.4 Å². The Bertz CT molecular complexity index is 588. The SMILES string of the molecule is CN(C)CCCOc1ccc(/C=N/NC(=O)CCCCCC(=O)NO)cc1. The van der Waals surface area contributed by atoms with E-state index in [0.717, 1.165) is 30.7 Å². The first-order chi connectivity index (χ1) is 13.0. The molecule has 0 aliphatic carbocycles. The number of rotatable bonds is 13. The number of hydroxylamine groups is 1. The van der Waals surface area contributed by atoms with Crippen LogP contribution in [0.15, 0.2) is 29.4 Å². The fourth-order valence-electron chi connectivity index (χ4n) is 2.26. The third kappa shape index (κ3) is 11.7. The summed E-state index contributed by atoms with van der Waals surface area (Å²) < 4.78 is 5.66. The molecule has 1 rings (SSSR count). The monoisotopic (exact) mass is 378 g/mol. The van der Waals surface area contributed by atoms with E-state index in [2.05, 4.69) is 15.4 Å². The molecule has 3 N–H and O–H groups in total. The van der Waals surface area contributed by atoms with Crippen LogP contribution in [-0.4, -0.2) is 55.4 Å². The number of benzene rings is 1. The predicted molar refractivity (Wildman–Crippen MR) is 104 cm³/mol. The van der Waals surface area contributed by atoms with Crippen molar-refractivity contribution in [1.29, 1.82) is 0 Å². The average Bonchev–Trinajstić information content (AvgIpc) is 2.65. The fourth-order valence-corrected chi connectivity index (χ4v) is 2.26. The van der Waals surface area contributed by atoms with Crippen LogP contribution in [-0.2, 0) is 9.59 Å². The summed E-state index contributed by atoms with van der Waals surface area (Å²) in [5.74, 6) is 0.234. The van der Waals surface area contributed by atoms with Crippen molar-refractivity contribution < 1.29 is 19.5 Å². The molecule has 0 atom stereocenters. The summed E-state index contributed by atoms with van der Waals surface area (Å²) in [6.07, 6.45) is 5.19. The number of nitrogens with zero attached hydrogens (tertiary/aromatic N) is 2. The lowest BCUT2D eigenvalue weighted by atomic mass is 10.1. The maximum atomic E-state index is 11.7. The first-order valence-electron chi connectivity index (χ1n) is 9.13. The zero-order valence-electron chi connectivity index (χ0n) is 16.1. The summed E-state index contributed by atoms with van der Waals surface area (Å²) in [6.45, 7) is 1.66. The Hall–Kier alpha value is -2.45. The van der Waals surface area contributed by atoms with Crippen molar-refractivity contribution in [2.45, 2.75) is 38.5 Å². The second kappa shape index (κ2) is 13.7. The minimum absolute atomic E-state index is 0.168. The lowest BCUT2D eigenvalue weighted by Crippen LogP contribution is -2.18. The topological polar surface area (TPSA) is 103 Å². The second-order valence-corrected chi connectivity index (χ2v) is 6.46. The normalized spacial score (nSPS) is 11.0. The Kier molecular flexibility index (Phi) is 11.5. The molecule has 0 radical (unpaired) electrons. The molecular weight excluding hydrogens is 348 g/mol. The molecule has 0 unspecified atom stereocenters. The van der Waals surface area contributed by atoms with Crippen LogP contribution < -0.4 is 15.6 Å². The summed E-state index contributed by atoms with van der Waals surface area (Å²) in [5.41, 5.74) is 4.93. The molecule has 0 aromatic heterocycles. The van der Waals surface area contributed by atoms with Crippen LogP contribution in [0.4, 0.5) is 0 Å². The van der Waals surface area contributed by atoms with E-state index >= 15 is 0 Å². The smallest absolute Gasteiger partial charge is 0.243 e. The molecular formula is C19H30N4O4. The van der Waals surface area contributed by atoms with Crippen molar-refractivity contribution in [1.82, 2.24) is 15.8 Å². The van der Waals surface area contributed by atoms with Gasteiger partial charge in [0.1, 0.15) is 5.75 Å². The number of ether oxygens (including phenoxy) is 1. The molecule has 8 nitrogen and oxygen atoms in total. The van der Waals surface area contributed by atoms with Crippen molar-refractivity contribution in [3.63, 3.8) is 0 Å². The molecule has 0 fully saturated rings. The zero-order chi connectivity index (χ0) is 19.9. The van der Waals surface area contributed by atoms with Crippen LogP contribution in [0.3, 0.4) is 0 Å². The van der Waals surface area contributed by atoms with Gasteiger partial charge < -0.3 is 9.64 Å². The van der Waals surface area contributed by atoms with Crippen molar-refractivity contribution in [3.8, 4) is 5.75 Å². The van der Waals surface area contributed by atoms with Gasteiger partial charge in [-0.3, -0.25) is 14.8 Å². The van der Waals surface area contributed by atoms with Crippen molar-refractivity contribution in [3.05, 3.63) is 29.8 Å². The van der Waals surface area contributed by atoms with E-state index in [0.29, 0.717) is 25.9 Å². The molecule has 0 aliphatic heterocycles. The van der Waals surface area contributed by atoms with Gasteiger partial charge in [0.15, 0.2) is 0 Å². The number of carbonyl (C=O) groups excluding carboxylic acids is 2. The Morgan fingerprint density at radius 3 is 2.37 bits per heavy atom. The van der Waals surface area contributed by atoms with Gasteiger partial charge in [0.25, 0.3) is 0 Å². The minimum atomic E-state index is -0.408. The van der Waals surface area contributed by atoms with Crippen molar-refractivity contribution >= 4 is 18.0 Å². The Labute approximate surface area is 160 Å². The number of unbranched alkanes of at least 4 members (excludes halogenated alkanes) is 2. The number of amides is 2. The summed E-state index contributed by atoms with van der Waals surface area (Å²) in [6, 6.07) is 7.51. The predicted octanol–water partition coefficient (Wildman–Crippen LogP) is 1.92. The highest BCUT2D eigenvalue weighted by atomic mass is 16.5. The van der Waals surface area contributed by atoms with Gasteiger partial charge >= 0.3 is 0 Å². The lowest BCUT2D eigenvalue weighted by molar-refractivity contribution is -0.129. The van der Waals surface area contributed by atoms with Crippen LogP contribution >= 0.6 is 0 Å². The minimum Gasteiger partial charge on any atom is -0.494 e. The lowest BCUT2D eigenvalue weighted by Gasteiger charge is -2.10. The van der Waals surface area contributed by atoms with Gasteiger partial charge in [0.05, 0.1) is 12.8 Å². The highest BCUT2D eigenvalue weighted by Crippen LogP contribution is 2.11. The van der Waals surface area contributed by atoms with Crippen LogP contribution in [0, 0.1) is 0 Å². The maximum Gasteiger partial charge on any atom is 0.243 e. The number of nitrogens with one attached hydrogen (secondary N) is 2.